The van der Waals surface area contributed by atoms with Crippen LogP contribution in [0.4, 0.5) is 4.39 Å². The Hall–Kier alpha value is -1.74. The molecule has 0 bridgehead atoms. The quantitative estimate of drug-likeness (QED) is 0.876. The van der Waals surface area contributed by atoms with E-state index in [2.05, 4.69) is 4.98 Å². The van der Waals surface area contributed by atoms with E-state index >= 15 is 0 Å². The van der Waals surface area contributed by atoms with Crippen molar-refractivity contribution >= 4 is 0 Å². The van der Waals surface area contributed by atoms with Gasteiger partial charge in [-0.05, 0) is 36.2 Å². The third kappa shape index (κ3) is 3.64. The first-order valence-corrected chi connectivity index (χ1v) is 5.56. The van der Waals surface area contributed by atoms with Crippen molar-refractivity contribution in [2.24, 2.45) is 0 Å². The van der Waals surface area contributed by atoms with Crippen LogP contribution in [0.2, 0.25) is 0 Å². The Morgan fingerprint density at radius 3 is 2.47 bits per heavy atom. The van der Waals surface area contributed by atoms with Crippen LogP contribution in [-0.2, 0) is 12.8 Å². The molecule has 0 saturated carbocycles. The van der Waals surface area contributed by atoms with Crippen LogP contribution in [0.15, 0.2) is 48.7 Å². The monoisotopic (exact) mass is 231 g/mol. The van der Waals surface area contributed by atoms with Gasteiger partial charge in [-0.3, -0.25) is 4.98 Å². The minimum Gasteiger partial charge on any atom is -0.392 e. The topological polar surface area (TPSA) is 33.1 Å². The van der Waals surface area contributed by atoms with E-state index in [0.29, 0.717) is 12.8 Å². The zero-order valence-corrected chi connectivity index (χ0v) is 9.38. The fourth-order valence-electron chi connectivity index (χ4n) is 1.73. The second-order valence-corrected chi connectivity index (χ2v) is 4.01. The fraction of sp³-hybridized carbons (Fsp3) is 0.214. The molecule has 0 radical (unpaired) electrons. The van der Waals surface area contributed by atoms with E-state index in [1.165, 1.54) is 12.1 Å². The summed E-state index contributed by atoms with van der Waals surface area (Å²) in [6.45, 7) is 0. The Morgan fingerprint density at radius 2 is 1.82 bits per heavy atom. The minimum atomic E-state index is -0.490. The zero-order chi connectivity index (χ0) is 12.1. The average Bonchev–Trinajstić information content (AvgIpc) is 2.33. The molecule has 1 atom stereocenters. The van der Waals surface area contributed by atoms with Gasteiger partial charge in [0.25, 0.3) is 0 Å². The summed E-state index contributed by atoms with van der Waals surface area (Å²) in [5.41, 5.74) is 1.79. The number of rotatable bonds is 4. The van der Waals surface area contributed by atoms with Gasteiger partial charge in [-0.15, -0.1) is 0 Å². The molecule has 1 unspecified atom stereocenters. The first-order chi connectivity index (χ1) is 8.24. The molecule has 0 saturated heterocycles. The van der Waals surface area contributed by atoms with Crippen molar-refractivity contribution in [3.63, 3.8) is 0 Å². The molecule has 17 heavy (non-hydrogen) atoms. The smallest absolute Gasteiger partial charge is 0.123 e. The predicted molar refractivity (Wildman–Crippen MR) is 64.1 cm³/mol. The number of halogens is 1. The first-order valence-electron chi connectivity index (χ1n) is 5.56. The van der Waals surface area contributed by atoms with Gasteiger partial charge in [0.1, 0.15) is 5.82 Å². The number of pyridine rings is 1. The van der Waals surface area contributed by atoms with E-state index < -0.39 is 6.10 Å². The molecular formula is C14H14FNO. The van der Waals surface area contributed by atoms with E-state index in [0.717, 1.165) is 11.3 Å². The van der Waals surface area contributed by atoms with Gasteiger partial charge in [0.05, 0.1) is 6.10 Å². The second kappa shape index (κ2) is 5.55. The molecule has 2 nitrogen and oxygen atoms in total. The molecule has 1 aromatic heterocycles. The lowest BCUT2D eigenvalue weighted by molar-refractivity contribution is 0.174. The van der Waals surface area contributed by atoms with Crippen molar-refractivity contribution in [3.8, 4) is 0 Å². The van der Waals surface area contributed by atoms with Crippen molar-refractivity contribution in [2.75, 3.05) is 0 Å². The summed E-state index contributed by atoms with van der Waals surface area (Å²) in [7, 11) is 0. The van der Waals surface area contributed by atoms with E-state index in [9.17, 15) is 9.50 Å². The third-order valence-electron chi connectivity index (χ3n) is 2.56. The second-order valence-electron chi connectivity index (χ2n) is 4.01. The largest absolute Gasteiger partial charge is 0.392 e. The lowest BCUT2D eigenvalue weighted by Crippen LogP contribution is -2.14. The Balaban J connectivity index is 1.93. The lowest BCUT2D eigenvalue weighted by Gasteiger charge is -2.09. The molecule has 2 aromatic rings. The van der Waals surface area contributed by atoms with Gasteiger partial charge in [-0.2, -0.15) is 0 Å². The van der Waals surface area contributed by atoms with Gasteiger partial charge in [0.15, 0.2) is 0 Å². The van der Waals surface area contributed by atoms with Gasteiger partial charge in [-0.1, -0.05) is 18.2 Å². The van der Waals surface area contributed by atoms with Crippen LogP contribution in [0.3, 0.4) is 0 Å². The highest BCUT2D eigenvalue weighted by Crippen LogP contribution is 2.08. The van der Waals surface area contributed by atoms with Crippen molar-refractivity contribution in [3.05, 3.63) is 65.7 Å². The number of hydrogen-bond donors (Lipinski definition) is 1. The summed E-state index contributed by atoms with van der Waals surface area (Å²) in [5.74, 6) is -0.257. The van der Waals surface area contributed by atoms with E-state index in [-0.39, 0.29) is 5.82 Å². The van der Waals surface area contributed by atoms with Crippen molar-refractivity contribution < 1.29 is 9.50 Å². The number of benzene rings is 1. The number of hydrogen-bond acceptors (Lipinski definition) is 2. The van der Waals surface area contributed by atoms with Crippen molar-refractivity contribution in [2.45, 2.75) is 18.9 Å². The van der Waals surface area contributed by atoms with Crippen LogP contribution in [0.1, 0.15) is 11.3 Å². The molecule has 0 aliphatic carbocycles. The Morgan fingerprint density at radius 1 is 1.06 bits per heavy atom. The molecule has 0 aliphatic heterocycles. The minimum absolute atomic E-state index is 0.257. The van der Waals surface area contributed by atoms with E-state index in [1.807, 2.05) is 18.2 Å². The standard InChI is InChI=1S/C14H14FNO/c15-12-6-4-11(5-7-12)9-14(17)10-13-3-1-2-8-16-13/h1-8,14,17H,9-10H2. The SMILES string of the molecule is OC(Cc1ccc(F)cc1)Cc1ccccn1. The van der Waals surface area contributed by atoms with Crippen LogP contribution >= 0.6 is 0 Å². The van der Waals surface area contributed by atoms with Gasteiger partial charge < -0.3 is 5.11 Å². The molecule has 3 heteroatoms. The normalized spacial score (nSPS) is 12.4. The number of aliphatic hydroxyl groups excluding tert-OH is 1. The Labute approximate surface area is 99.8 Å². The van der Waals surface area contributed by atoms with Crippen LogP contribution in [0, 0.1) is 5.82 Å². The summed E-state index contributed by atoms with van der Waals surface area (Å²) in [6, 6.07) is 11.8. The Bertz CT molecular complexity index is 455. The molecule has 2 rings (SSSR count). The average molecular weight is 231 g/mol. The fourth-order valence-corrected chi connectivity index (χ4v) is 1.73. The number of nitrogens with zero attached hydrogens (tertiary/aromatic N) is 1. The number of aromatic nitrogens is 1. The molecular weight excluding hydrogens is 217 g/mol. The molecule has 0 spiro atoms. The zero-order valence-electron chi connectivity index (χ0n) is 9.38. The molecule has 0 amide bonds. The Kier molecular flexibility index (Phi) is 3.83. The summed E-state index contributed by atoms with van der Waals surface area (Å²) in [4.78, 5) is 4.15. The van der Waals surface area contributed by atoms with E-state index in [4.69, 9.17) is 0 Å². The maximum Gasteiger partial charge on any atom is 0.123 e. The summed E-state index contributed by atoms with van der Waals surface area (Å²) in [5, 5.41) is 9.89. The van der Waals surface area contributed by atoms with Gasteiger partial charge in [0, 0.05) is 18.3 Å². The van der Waals surface area contributed by atoms with Gasteiger partial charge >= 0.3 is 0 Å². The highest BCUT2D eigenvalue weighted by molar-refractivity contribution is 5.17. The lowest BCUT2D eigenvalue weighted by atomic mass is 10.0. The summed E-state index contributed by atoms with van der Waals surface area (Å²) < 4.78 is 12.7. The molecule has 1 heterocycles. The molecule has 88 valence electrons. The third-order valence-corrected chi connectivity index (χ3v) is 2.56. The van der Waals surface area contributed by atoms with Crippen molar-refractivity contribution in [1.29, 1.82) is 0 Å². The van der Waals surface area contributed by atoms with Crippen LogP contribution < -0.4 is 0 Å². The molecule has 0 aliphatic rings. The van der Waals surface area contributed by atoms with Gasteiger partial charge in [-0.25, -0.2) is 4.39 Å². The molecule has 1 N–H and O–H groups in total. The predicted octanol–water partition coefficient (Wildman–Crippen LogP) is 2.37. The molecule has 1 aromatic carbocycles. The highest BCUT2D eigenvalue weighted by atomic mass is 19.1. The maximum absolute atomic E-state index is 12.7. The first kappa shape index (κ1) is 11.7. The highest BCUT2D eigenvalue weighted by Gasteiger charge is 2.07. The van der Waals surface area contributed by atoms with Crippen molar-refractivity contribution in [1.82, 2.24) is 4.98 Å². The summed E-state index contributed by atoms with van der Waals surface area (Å²) in [6.07, 6.45) is 2.24. The van der Waals surface area contributed by atoms with Gasteiger partial charge in [0.2, 0.25) is 0 Å². The maximum atomic E-state index is 12.7. The number of aliphatic hydroxyl groups is 1. The van der Waals surface area contributed by atoms with Crippen LogP contribution in [0.5, 0.6) is 0 Å². The molecule has 0 fully saturated rings. The van der Waals surface area contributed by atoms with Crippen LogP contribution in [0.25, 0.3) is 0 Å². The van der Waals surface area contributed by atoms with Crippen LogP contribution in [-0.4, -0.2) is 16.2 Å². The van der Waals surface area contributed by atoms with E-state index in [1.54, 1.807) is 18.3 Å². The summed E-state index contributed by atoms with van der Waals surface area (Å²) >= 11 is 0.